The highest BCUT2D eigenvalue weighted by Crippen LogP contribution is 2.20. The van der Waals surface area contributed by atoms with E-state index >= 15 is 0 Å². The number of amides is 1. The Morgan fingerprint density at radius 3 is 2.60 bits per heavy atom. The fourth-order valence-electron chi connectivity index (χ4n) is 1.70. The van der Waals surface area contributed by atoms with Gasteiger partial charge in [0, 0.05) is 6.54 Å². The second-order valence-electron chi connectivity index (χ2n) is 4.13. The Hall–Kier alpha value is -1.88. The zero-order valence-corrected chi connectivity index (χ0v) is 12.4. The monoisotopic (exact) mass is 337 g/mol. The lowest BCUT2D eigenvalue weighted by Crippen LogP contribution is -2.23. The second-order valence-corrected chi connectivity index (χ2v) is 4.93. The molecule has 0 bridgehead atoms. The Morgan fingerprint density at radius 1 is 1.25 bits per heavy atom. The first-order valence-electron chi connectivity index (χ1n) is 5.97. The number of carbonyl (C=O) groups is 1. The van der Waals surface area contributed by atoms with E-state index in [1.54, 1.807) is 13.2 Å². The van der Waals surface area contributed by atoms with Crippen LogP contribution >= 0.6 is 15.9 Å². The van der Waals surface area contributed by atoms with Gasteiger partial charge in [0.25, 0.3) is 5.91 Å². The van der Waals surface area contributed by atoms with Crippen molar-refractivity contribution in [1.29, 1.82) is 0 Å². The summed E-state index contributed by atoms with van der Waals surface area (Å²) in [6.45, 7) is 0.367. The maximum Gasteiger partial charge on any atom is 0.252 e. The summed E-state index contributed by atoms with van der Waals surface area (Å²) < 4.78 is 18.6. The molecule has 0 aliphatic rings. The lowest BCUT2D eigenvalue weighted by atomic mass is 10.2. The van der Waals surface area contributed by atoms with Gasteiger partial charge in [-0.2, -0.15) is 0 Å². The first-order chi connectivity index (χ1) is 9.61. The van der Waals surface area contributed by atoms with Crippen LogP contribution < -0.4 is 10.1 Å². The molecule has 2 rings (SSSR count). The van der Waals surface area contributed by atoms with Crippen LogP contribution in [0.4, 0.5) is 4.39 Å². The van der Waals surface area contributed by atoms with Crippen LogP contribution in [0.3, 0.4) is 0 Å². The van der Waals surface area contributed by atoms with Crippen LogP contribution in [0.2, 0.25) is 0 Å². The fraction of sp³-hybridized carbons (Fsp3) is 0.133. The smallest absolute Gasteiger partial charge is 0.252 e. The van der Waals surface area contributed by atoms with Gasteiger partial charge in [0.1, 0.15) is 11.6 Å². The van der Waals surface area contributed by atoms with E-state index in [-0.39, 0.29) is 15.9 Å². The minimum absolute atomic E-state index is 0.173. The van der Waals surface area contributed by atoms with Gasteiger partial charge in [-0.25, -0.2) is 4.39 Å². The Bertz CT molecular complexity index is 614. The van der Waals surface area contributed by atoms with Crippen LogP contribution in [0.25, 0.3) is 0 Å². The van der Waals surface area contributed by atoms with Crippen LogP contribution in [-0.2, 0) is 6.54 Å². The number of rotatable bonds is 4. The van der Waals surface area contributed by atoms with Gasteiger partial charge in [0.05, 0.1) is 17.1 Å². The minimum Gasteiger partial charge on any atom is -0.497 e. The molecule has 0 saturated heterocycles. The average Bonchev–Trinajstić information content (AvgIpc) is 2.48. The molecule has 0 atom stereocenters. The van der Waals surface area contributed by atoms with Gasteiger partial charge in [0.15, 0.2) is 0 Å². The third-order valence-electron chi connectivity index (χ3n) is 2.81. The molecule has 0 saturated carbocycles. The van der Waals surface area contributed by atoms with Gasteiger partial charge < -0.3 is 10.1 Å². The Kier molecular flexibility index (Phi) is 4.74. The van der Waals surface area contributed by atoms with Crippen molar-refractivity contribution in [2.45, 2.75) is 6.54 Å². The maximum atomic E-state index is 13.3. The van der Waals surface area contributed by atoms with Crippen molar-refractivity contribution in [2.24, 2.45) is 0 Å². The zero-order chi connectivity index (χ0) is 14.5. The second kappa shape index (κ2) is 6.52. The van der Waals surface area contributed by atoms with Crippen LogP contribution in [0.5, 0.6) is 5.75 Å². The number of hydrogen-bond donors (Lipinski definition) is 1. The molecule has 1 N–H and O–H groups in total. The third-order valence-corrected chi connectivity index (χ3v) is 3.61. The molecule has 0 unspecified atom stereocenters. The highest BCUT2D eigenvalue weighted by Gasteiger charge is 2.12. The van der Waals surface area contributed by atoms with E-state index in [4.69, 9.17) is 4.74 Å². The molecular formula is C15H13BrFNO2. The van der Waals surface area contributed by atoms with Crippen LogP contribution in [-0.4, -0.2) is 13.0 Å². The summed E-state index contributed by atoms with van der Waals surface area (Å²) in [6.07, 6.45) is 0. The maximum absolute atomic E-state index is 13.3. The van der Waals surface area contributed by atoms with Crippen molar-refractivity contribution in [3.63, 3.8) is 0 Å². The van der Waals surface area contributed by atoms with Gasteiger partial charge in [0.2, 0.25) is 0 Å². The number of methoxy groups -OCH3 is 1. The van der Waals surface area contributed by atoms with E-state index in [2.05, 4.69) is 21.2 Å². The average molecular weight is 338 g/mol. The van der Waals surface area contributed by atoms with Crippen molar-refractivity contribution < 1.29 is 13.9 Å². The summed E-state index contributed by atoms with van der Waals surface area (Å²) >= 11 is 3.07. The molecule has 104 valence electrons. The fourth-order valence-corrected chi connectivity index (χ4v) is 2.14. The Balaban J connectivity index is 2.02. The molecule has 0 aliphatic heterocycles. The number of nitrogens with one attached hydrogen (secondary N) is 1. The molecule has 0 fully saturated rings. The van der Waals surface area contributed by atoms with Gasteiger partial charge >= 0.3 is 0 Å². The standard InChI is InChI=1S/C15H13BrFNO2/c1-20-11-7-5-10(6-8-11)9-18-15(19)12-3-2-4-13(17)14(12)16/h2-8H,9H2,1H3,(H,18,19). The van der Waals surface area contributed by atoms with Crippen molar-refractivity contribution >= 4 is 21.8 Å². The molecular weight excluding hydrogens is 325 g/mol. The SMILES string of the molecule is COc1ccc(CNC(=O)c2cccc(F)c2Br)cc1. The van der Waals surface area contributed by atoms with E-state index in [0.29, 0.717) is 6.54 Å². The van der Waals surface area contributed by atoms with Crippen LogP contribution in [0, 0.1) is 5.82 Å². The minimum atomic E-state index is -0.456. The molecule has 0 spiro atoms. The quantitative estimate of drug-likeness (QED) is 0.926. The van der Waals surface area contributed by atoms with E-state index in [1.165, 1.54) is 12.1 Å². The first kappa shape index (κ1) is 14.5. The van der Waals surface area contributed by atoms with Crippen molar-refractivity contribution in [3.05, 3.63) is 63.9 Å². The van der Waals surface area contributed by atoms with E-state index in [1.807, 2.05) is 24.3 Å². The Labute approximate surface area is 124 Å². The Morgan fingerprint density at radius 2 is 1.95 bits per heavy atom. The number of carbonyl (C=O) groups excluding carboxylic acids is 1. The highest BCUT2D eigenvalue weighted by molar-refractivity contribution is 9.10. The summed E-state index contributed by atoms with van der Waals surface area (Å²) in [7, 11) is 1.60. The van der Waals surface area contributed by atoms with Crippen molar-refractivity contribution in [1.82, 2.24) is 5.32 Å². The summed E-state index contributed by atoms with van der Waals surface area (Å²) in [5.41, 5.74) is 1.21. The van der Waals surface area contributed by atoms with Gasteiger partial charge in [-0.05, 0) is 45.8 Å². The molecule has 0 aromatic heterocycles. The van der Waals surface area contributed by atoms with Crippen molar-refractivity contribution in [2.75, 3.05) is 7.11 Å². The predicted molar refractivity (Wildman–Crippen MR) is 78.3 cm³/mol. The van der Waals surface area contributed by atoms with Gasteiger partial charge in [-0.3, -0.25) is 4.79 Å². The zero-order valence-electron chi connectivity index (χ0n) is 10.8. The molecule has 3 nitrogen and oxygen atoms in total. The molecule has 0 heterocycles. The van der Waals surface area contributed by atoms with Gasteiger partial charge in [-0.15, -0.1) is 0 Å². The largest absolute Gasteiger partial charge is 0.497 e. The summed E-state index contributed by atoms with van der Waals surface area (Å²) in [5, 5.41) is 2.74. The number of benzene rings is 2. The molecule has 2 aromatic rings. The molecule has 20 heavy (non-hydrogen) atoms. The predicted octanol–water partition coefficient (Wildman–Crippen LogP) is 3.53. The highest BCUT2D eigenvalue weighted by atomic mass is 79.9. The molecule has 0 aliphatic carbocycles. The lowest BCUT2D eigenvalue weighted by molar-refractivity contribution is 0.0949. The lowest BCUT2D eigenvalue weighted by Gasteiger charge is -2.08. The summed E-state index contributed by atoms with van der Waals surface area (Å²) in [5.74, 6) is -0.0257. The van der Waals surface area contributed by atoms with Crippen LogP contribution in [0.15, 0.2) is 46.9 Å². The molecule has 5 heteroatoms. The normalized spacial score (nSPS) is 10.2. The first-order valence-corrected chi connectivity index (χ1v) is 6.76. The van der Waals surface area contributed by atoms with Crippen LogP contribution in [0.1, 0.15) is 15.9 Å². The van der Waals surface area contributed by atoms with E-state index in [0.717, 1.165) is 11.3 Å². The topological polar surface area (TPSA) is 38.3 Å². The van der Waals surface area contributed by atoms with Gasteiger partial charge in [-0.1, -0.05) is 18.2 Å². The molecule has 2 aromatic carbocycles. The van der Waals surface area contributed by atoms with Crippen molar-refractivity contribution in [3.8, 4) is 5.75 Å². The summed E-state index contributed by atoms with van der Waals surface area (Å²) in [4.78, 5) is 12.0. The van der Waals surface area contributed by atoms with E-state index in [9.17, 15) is 9.18 Å². The third kappa shape index (κ3) is 3.36. The number of halogens is 2. The number of hydrogen-bond acceptors (Lipinski definition) is 2. The molecule has 0 radical (unpaired) electrons. The number of ether oxygens (including phenoxy) is 1. The van der Waals surface area contributed by atoms with E-state index < -0.39 is 5.82 Å². The summed E-state index contributed by atoms with van der Waals surface area (Å²) in [6, 6.07) is 11.7. The molecule has 1 amide bonds.